The van der Waals surface area contributed by atoms with Gasteiger partial charge in [-0.3, -0.25) is 9.69 Å². The normalized spacial score (nSPS) is 12.1. The van der Waals surface area contributed by atoms with Crippen LogP contribution in [0.3, 0.4) is 0 Å². The van der Waals surface area contributed by atoms with Crippen LogP contribution in [0.25, 0.3) is 0 Å². The highest BCUT2D eigenvalue weighted by Crippen LogP contribution is 2.32. The number of benzene rings is 3. The fraction of sp³-hybridized carbons (Fsp3) is 0.351. The number of rotatable bonds is 12. The molecule has 5 rings (SSSR count). The molecular weight excluding hydrogens is 608 g/mol. The number of hydrogen-bond donors (Lipinski definition) is 1. The highest BCUT2D eigenvalue weighted by Gasteiger charge is 2.24. The molecule has 3 aromatic carbocycles. The fourth-order valence-corrected chi connectivity index (χ4v) is 5.62. The van der Waals surface area contributed by atoms with Crippen molar-refractivity contribution in [3.05, 3.63) is 94.7 Å². The van der Waals surface area contributed by atoms with Gasteiger partial charge < -0.3 is 29.3 Å². The number of carbonyl (C=O) groups is 2. The predicted octanol–water partition coefficient (Wildman–Crippen LogP) is 6.54. The Kier molecular flexibility index (Phi) is 11.1. The average Bonchev–Trinajstić information content (AvgIpc) is 3.09. The molecule has 252 valence electrons. The summed E-state index contributed by atoms with van der Waals surface area (Å²) >= 11 is 0. The van der Waals surface area contributed by atoms with Crippen molar-refractivity contribution in [3.8, 4) is 17.2 Å². The van der Waals surface area contributed by atoms with Crippen molar-refractivity contribution >= 4 is 29.5 Å². The van der Waals surface area contributed by atoms with Gasteiger partial charge in [-0.15, -0.1) is 0 Å². The Morgan fingerprint density at radius 1 is 0.875 bits per heavy atom. The van der Waals surface area contributed by atoms with Gasteiger partial charge in [-0.2, -0.15) is 4.98 Å². The first kappa shape index (κ1) is 34.2. The van der Waals surface area contributed by atoms with Gasteiger partial charge in [0, 0.05) is 37.6 Å². The van der Waals surface area contributed by atoms with Crippen LogP contribution in [0.2, 0.25) is 0 Å². The third kappa shape index (κ3) is 8.40. The van der Waals surface area contributed by atoms with Crippen molar-refractivity contribution in [2.45, 2.75) is 41.2 Å². The van der Waals surface area contributed by atoms with Crippen LogP contribution in [0, 0.1) is 20.8 Å². The molecule has 1 aromatic heterocycles. The van der Waals surface area contributed by atoms with E-state index < -0.39 is 6.09 Å². The topological polar surface area (TPSA) is 109 Å². The smallest absolute Gasteiger partial charge is 0.421 e. The van der Waals surface area contributed by atoms with E-state index in [4.69, 9.17) is 14.2 Å². The maximum atomic E-state index is 13.9. The molecule has 0 saturated heterocycles. The minimum atomic E-state index is -0.586. The van der Waals surface area contributed by atoms with Crippen LogP contribution in [0.15, 0.2) is 66.9 Å². The number of carbonyl (C=O) groups excluding carboxylic acids is 2. The van der Waals surface area contributed by atoms with Crippen LogP contribution in [0.5, 0.6) is 17.2 Å². The average molecular weight is 653 g/mol. The van der Waals surface area contributed by atoms with Gasteiger partial charge >= 0.3 is 6.09 Å². The molecule has 1 N–H and O–H groups in total. The summed E-state index contributed by atoms with van der Waals surface area (Å²) in [5.41, 5.74) is 4.91. The van der Waals surface area contributed by atoms with Crippen molar-refractivity contribution in [2.75, 3.05) is 56.7 Å². The molecule has 0 atom stereocenters. The minimum Gasteiger partial charge on any atom is -0.486 e. The van der Waals surface area contributed by atoms with Crippen LogP contribution >= 0.6 is 0 Å². The molecule has 0 fully saturated rings. The number of amides is 2. The van der Waals surface area contributed by atoms with E-state index in [9.17, 15) is 9.59 Å². The molecule has 0 radical (unpaired) electrons. The maximum Gasteiger partial charge on any atom is 0.421 e. The quantitative estimate of drug-likeness (QED) is 0.183. The van der Waals surface area contributed by atoms with Gasteiger partial charge in [-0.1, -0.05) is 37.6 Å². The zero-order valence-corrected chi connectivity index (χ0v) is 28.6. The van der Waals surface area contributed by atoms with Crippen LogP contribution in [-0.4, -0.2) is 78.2 Å². The van der Waals surface area contributed by atoms with Crippen LogP contribution < -0.4 is 24.4 Å². The second kappa shape index (κ2) is 15.6. The molecule has 48 heavy (non-hydrogen) atoms. The van der Waals surface area contributed by atoms with Crippen molar-refractivity contribution in [1.29, 1.82) is 0 Å². The van der Waals surface area contributed by atoms with Crippen LogP contribution in [0.4, 0.5) is 22.2 Å². The summed E-state index contributed by atoms with van der Waals surface area (Å²) in [7, 11) is 1.82. The van der Waals surface area contributed by atoms with E-state index in [0.29, 0.717) is 54.1 Å². The number of aryl methyl sites for hydroxylation is 3. The first-order chi connectivity index (χ1) is 23.1. The lowest BCUT2D eigenvalue weighted by Gasteiger charge is -2.24. The highest BCUT2D eigenvalue weighted by atomic mass is 16.6. The summed E-state index contributed by atoms with van der Waals surface area (Å²) in [4.78, 5) is 41.4. The summed E-state index contributed by atoms with van der Waals surface area (Å²) in [5.74, 6) is 2.39. The Balaban J connectivity index is 1.35. The van der Waals surface area contributed by atoms with Crippen molar-refractivity contribution < 1.29 is 23.8 Å². The van der Waals surface area contributed by atoms with Gasteiger partial charge in [0.25, 0.3) is 5.91 Å². The van der Waals surface area contributed by atoms with E-state index in [0.717, 1.165) is 41.9 Å². The molecule has 4 aromatic rings. The number of fused-ring (bicyclic) bond motifs is 1. The molecular formula is C37H44N6O5. The first-order valence-electron chi connectivity index (χ1n) is 16.3. The van der Waals surface area contributed by atoms with Gasteiger partial charge in [0.15, 0.2) is 11.5 Å². The Labute approximate surface area is 282 Å². The highest BCUT2D eigenvalue weighted by molar-refractivity contribution is 5.94. The molecule has 0 unspecified atom stereocenters. The Hall–Kier alpha value is -5.16. The Bertz CT molecular complexity index is 1720. The first-order valence-corrected chi connectivity index (χ1v) is 16.3. The summed E-state index contributed by atoms with van der Waals surface area (Å²) in [5, 5.41) is 3.20. The van der Waals surface area contributed by atoms with E-state index in [1.165, 1.54) is 4.90 Å². The predicted molar refractivity (Wildman–Crippen MR) is 187 cm³/mol. The van der Waals surface area contributed by atoms with Gasteiger partial charge in [0.05, 0.1) is 6.54 Å². The molecule has 0 bridgehead atoms. The molecule has 1 aliphatic heterocycles. The van der Waals surface area contributed by atoms with Crippen molar-refractivity contribution in [1.82, 2.24) is 19.8 Å². The molecule has 0 spiro atoms. The van der Waals surface area contributed by atoms with Crippen LogP contribution in [0.1, 0.15) is 46.5 Å². The van der Waals surface area contributed by atoms with Gasteiger partial charge in [-0.25, -0.2) is 9.78 Å². The zero-order chi connectivity index (χ0) is 34.2. The lowest BCUT2D eigenvalue weighted by Crippen LogP contribution is -2.36. The van der Waals surface area contributed by atoms with Gasteiger partial charge in [0.2, 0.25) is 5.95 Å². The molecule has 0 saturated carbocycles. The monoisotopic (exact) mass is 652 g/mol. The number of ether oxygens (including phenoxy) is 3. The number of aromatic nitrogens is 2. The molecule has 1 aliphatic rings. The lowest BCUT2D eigenvalue weighted by atomic mass is 10.1. The third-order valence-electron chi connectivity index (χ3n) is 8.26. The van der Waals surface area contributed by atoms with E-state index in [1.807, 2.05) is 70.3 Å². The fourth-order valence-electron chi connectivity index (χ4n) is 5.62. The van der Waals surface area contributed by atoms with Gasteiger partial charge in [0.1, 0.15) is 24.8 Å². The summed E-state index contributed by atoms with van der Waals surface area (Å²) < 4.78 is 17.5. The van der Waals surface area contributed by atoms with Crippen molar-refractivity contribution in [2.24, 2.45) is 0 Å². The van der Waals surface area contributed by atoms with E-state index in [1.54, 1.807) is 29.3 Å². The summed E-state index contributed by atoms with van der Waals surface area (Å²) in [6.07, 6.45) is 0.998. The van der Waals surface area contributed by atoms with Gasteiger partial charge in [-0.05, 0) is 93.0 Å². The number of likely N-dealkylation sites (N-methyl/N-ethyl adjacent to an activating group) is 2. The molecule has 11 heteroatoms. The maximum absolute atomic E-state index is 13.9. The Morgan fingerprint density at radius 2 is 1.56 bits per heavy atom. The summed E-state index contributed by atoms with van der Waals surface area (Å²) in [6.45, 7) is 14.6. The lowest BCUT2D eigenvalue weighted by molar-refractivity contribution is 0.0779. The molecule has 0 aliphatic carbocycles. The second-order valence-electron chi connectivity index (χ2n) is 11.9. The Morgan fingerprint density at radius 3 is 2.25 bits per heavy atom. The zero-order valence-electron chi connectivity index (χ0n) is 28.6. The molecule has 2 heterocycles. The standard InChI is InChI=1S/C37H44N6O5/c1-7-42(8-2)18-17-41(6)35(44)29-10-12-30(13-11-29)39-36-38-16-15-33(40-36)43(24-28-9-14-31-32(23-28)47-20-19-46-31)37(45)48-34-26(4)21-25(3)22-27(34)5/h9-16,21-23H,7-8,17-20,24H2,1-6H3,(H,38,39,40). The minimum absolute atomic E-state index is 0.0423. The van der Waals surface area contributed by atoms with E-state index in [-0.39, 0.29) is 18.4 Å². The number of anilines is 3. The number of nitrogens with one attached hydrogen (secondary N) is 1. The largest absolute Gasteiger partial charge is 0.486 e. The third-order valence-corrected chi connectivity index (χ3v) is 8.26. The number of hydrogen-bond acceptors (Lipinski definition) is 9. The van der Waals surface area contributed by atoms with Crippen LogP contribution in [-0.2, 0) is 6.54 Å². The van der Waals surface area contributed by atoms with E-state index in [2.05, 4.69) is 34.0 Å². The number of nitrogens with zero attached hydrogens (tertiary/aromatic N) is 5. The second-order valence-corrected chi connectivity index (χ2v) is 11.9. The molecule has 2 amide bonds. The summed E-state index contributed by atoms with van der Waals surface area (Å²) in [6, 6.07) is 18.4. The molecule has 11 nitrogen and oxygen atoms in total. The van der Waals surface area contributed by atoms with Crippen molar-refractivity contribution in [3.63, 3.8) is 0 Å². The SMILES string of the molecule is CCN(CC)CCN(C)C(=O)c1ccc(Nc2nccc(N(Cc3ccc4c(c3)OCCO4)C(=O)Oc3c(C)cc(C)cc3C)n2)cc1. The van der Waals surface area contributed by atoms with E-state index >= 15 is 0 Å².